The van der Waals surface area contributed by atoms with Crippen molar-refractivity contribution >= 4 is 25.9 Å². The van der Waals surface area contributed by atoms with E-state index in [1.165, 1.54) is 42.0 Å². The van der Waals surface area contributed by atoms with Gasteiger partial charge in [0.25, 0.3) is 10.2 Å². The lowest BCUT2D eigenvalue weighted by atomic mass is 9.89. The molecule has 1 saturated carbocycles. The predicted molar refractivity (Wildman–Crippen MR) is 191 cm³/mol. The molecule has 9 nitrogen and oxygen atoms in total. The van der Waals surface area contributed by atoms with Crippen molar-refractivity contribution in [2.75, 3.05) is 77.9 Å². The van der Waals surface area contributed by atoms with Crippen LogP contribution in [-0.2, 0) is 20.2 Å². The number of sulfonamides is 1. The van der Waals surface area contributed by atoms with Crippen molar-refractivity contribution in [1.29, 1.82) is 0 Å². The summed E-state index contributed by atoms with van der Waals surface area (Å²) in [6, 6.07) is 17.1. The Balaban J connectivity index is 1.38. The lowest BCUT2D eigenvalue weighted by molar-refractivity contribution is 0.187. The van der Waals surface area contributed by atoms with Crippen LogP contribution < -0.4 is 4.90 Å². The third-order valence-electron chi connectivity index (χ3n) is 10.1. The van der Waals surface area contributed by atoms with Gasteiger partial charge in [-0.15, -0.1) is 0 Å². The Morgan fingerprint density at radius 3 is 1.98 bits per heavy atom. The maximum absolute atomic E-state index is 14.3. The molecular formula is C36H55N5O4S2. The number of rotatable bonds is 8. The number of benzene rings is 2. The highest BCUT2D eigenvalue weighted by atomic mass is 32.2. The van der Waals surface area contributed by atoms with E-state index in [-0.39, 0.29) is 23.9 Å². The van der Waals surface area contributed by atoms with Gasteiger partial charge in [-0.1, -0.05) is 56.2 Å². The standard InChI is InChI=1S/C36H55N5O4S2/c1-31-27-39(46(42,43)36-20-18-35(19-21-36)37(2)3)25-11-22-38(29-32-13-6-4-7-14-32)23-12-26-40(28-31)47(44,45)41-24-10-17-34(30-41)33-15-8-5-9-16-33/h5,8-9,15-16,18-21,32,34H,1,4,6-7,10-14,17,22-30H2,2-3H3/t34-/m0/s1. The van der Waals surface area contributed by atoms with Crippen LogP contribution in [0.4, 0.5) is 5.69 Å². The van der Waals surface area contributed by atoms with E-state index < -0.39 is 20.2 Å². The monoisotopic (exact) mass is 685 g/mol. The van der Waals surface area contributed by atoms with Crippen LogP contribution in [0.3, 0.4) is 0 Å². The molecule has 260 valence electrons. The minimum absolute atomic E-state index is 0.0824. The zero-order chi connectivity index (χ0) is 33.4. The fourth-order valence-corrected chi connectivity index (χ4v) is 10.7. The third-order valence-corrected chi connectivity index (χ3v) is 13.9. The van der Waals surface area contributed by atoms with E-state index in [9.17, 15) is 16.8 Å². The highest BCUT2D eigenvalue weighted by molar-refractivity contribution is 7.89. The summed E-state index contributed by atoms with van der Waals surface area (Å²) in [5.41, 5.74) is 2.68. The van der Waals surface area contributed by atoms with Crippen molar-refractivity contribution in [3.8, 4) is 0 Å². The zero-order valence-electron chi connectivity index (χ0n) is 28.5. The topological polar surface area (TPSA) is 84.5 Å². The number of nitrogens with zero attached hydrogens (tertiary/aromatic N) is 5. The maximum Gasteiger partial charge on any atom is 0.282 e. The highest BCUT2D eigenvalue weighted by Crippen LogP contribution is 2.30. The molecule has 0 amide bonds. The second-order valence-electron chi connectivity index (χ2n) is 13.9. The molecule has 0 N–H and O–H groups in total. The molecule has 2 saturated heterocycles. The molecule has 11 heteroatoms. The van der Waals surface area contributed by atoms with Gasteiger partial charge in [0.1, 0.15) is 0 Å². The van der Waals surface area contributed by atoms with Crippen LogP contribution in [0.1, 0.15) is 69.3 Å². The first-order valence-electron chi connectivity index (χ1n) is 17.5. The van der Waals surface area contributed by atoms with Crippen LogP contribution in [0.5, 0.6) is 0 Å². The van der Waals surface area contributed by atoms with Crippen molar-refractivity contribution in [2.45, 2.75) is 68.6 Å². The second kappa shape index (κ2) is 16.4. The highest BCUT2D eigenvalue weighted by Gasteiger charge is 2.35. The molecule has 47 heavy (non-hydrogen) atoms. The number of hydrogen-bond donors (Lipinski definition) is 0. The van der Waals surface area contributed by atoms with Crippen LogP contribution in [0.15, 0.2) is 71.6 Å². The van der Waals surface area contributed by atoms with Gasteiger partial charge in [-0.3, -0.25) is 0 Å². The van der Waals surface area contributed by atoms with Gasteiger partial charge < -0.3 is 9.80 Å². The lowest BCUT2D eigenvalue weighted by Crippen LogP contribution is -2.49. The molecule has 1 aliphatic carbocycles. The Morgan fingerprint density at radius 2 is 1.32 bits per heavy atom. The first-order chi connectivity index (χ1) is 22.5. The Labute approximate surface area is 284 Å². The van der Waals surface area contributed by atoms with E-state index in [0.29, 0.717) is 44.1 Å². The van der Waals surface area contributed by atoms with E-state index in [2.05, 4.69) is 23.6 Å². The van der Waals surface area contributed by atoms with Gasteiger partial charge in [-0.05, 0) is 98.9 Å². The van der Waals surface area contributed by atoms with Gasteiger partial charge in [0.05, 0.1) is 4.90 Å². The van der Waals surface area contributed by atoms with Crippen molar-refractivity contribution in [3.05, 3.63) is 72.3 Å². The minimum atomic E-state index is -3.83. The van der Waals surface area contributed by atoms with Gasteiger partial charge in [0.15, 0.2) is 0 Å². The average molecular weight is 686 g/mol. The predicted octanol–water partition coefficient (Wildman–Crippen LogP) is 5.40. The van der Waals surface area contributed by atoms with E-state index >= 15 is 0 Å². The summed E-state index contributed by atoms with van der Waals surface area (Å²) < 4.78 is 61.5. The summed E-state index contributed by atoms with van der Waals surface area (Å²) in [6.45, 7) is 8.68. The molecule has 1 atom stereocenters. The summed E-state index contributed by atoms with van der Waals surface area (Å²) in [6.07, 6.45) is 9.52. The van der Waals surface area contributed by atoms with Crippen molar-refractivity contribution in [2.24, 2.45) is 5.92 Å². The summed E-state index contributed by atoms with van der Waals surface area (Å²) in [4.78, 5) is 4.64. The average Bonchev–Trinajstić information content (AvgIpc) is 3.07. The summed E-state index contributed by atoms with van der Waals surface area (Å²) >= 11 is 0. The summed E-state index contributed by atoms with van der Waals surface area (Å²) in [5, 5.41) is 0. The number of piperidine rings is 1. The van der Waals surface area contributed by atoms with Crippen LogP contribution in [0.2, 0.25) is 0 Å². The van der Waals surface area contributed by atoms with Crippen molar-refractivity contribution in [3.63, 3.8) is 0 Å². The van der Waals surface area contributed by atoms with Gasteiger partial charge in [-0.2, -0.15) is 21.3 Å². The molecule has 0 bridgehead atoms. The van der Waals surface area contributed by atoms with Gasteiger partial charge in [-0.25, -0.2) is 8.42 Å². The minimum Gasteiger partial charge on any atom is -0.378 e. The summed E-state index contributed by atoms with van der Waals surface area (Å²) in [7, 11) is -3.77. The fraction of sp³-hybridized carbons (Fsp3) is 0.611. The molecule has 3 aliphatic rings. The van der Waals surface area contributed by atoms with Crippen LogP contribution >= 0.6 is 0 Å². The first kappa shape index (κ1) is 36.0. The molecule has 3 fully saturated rings. The van der Waals surface area contributed by atoms with E-state index in [1.807, 2.05) is 49.3 Å². The largest absolute Gasteiger partial charge is 0.378 e. The smallest absolute Gasteiger partial charge is 0.282 e. The molecule has 5 rings (SSSR count). The third kappa shape index (κ3) is 9.45. The molecule has 0 radical (unpaired) electrons. The Hall–Kier alpha value is -2.28. The van der Waals surface area contributed by atoms with Gasteiger partial charge in [0.2, 0.25) is 10.0 Å². The van der Waals surface area contributed by atoms with Crippen molar-refractivity contribution < 1.29 is 16.8 Å². The van der Waals surface area contributed by atoms with Crippen LogP contribution in [0, 0.1) is 5.92 Å². The fourth-order valence-electron chi connectivity index (χ4n) is 7.46. The van der Waals surface area contributed by atoms with Gasteiger partial charge in [0, 0.05) is 65.6 Å². The quantitative estimate of drug-likeness (QED) is 0.346. The van der Waals surface area contributed by atoms with Crippen LogP contribution in [0.25, 0.3) is 0 Å². The van der Waals surface area contributed by atoms with E-state index in [0.717, 1.165) is 44.6 Å². The molecule has 2 aromatic carbocycles. The molecule has 0 unspecified atom stereocenters. The lowest BCUT2D eigenvalue weighted by Gasteiger charge is -2.37. The molecular weight excluding hydrogens is 631 g/mol. The van der Waals surface area contributed by atoms with Crippen LogP contribution in [-0.4, -0.2) is 108 Å². The maximum atomic E-state index is 14.3. The molecule has 0 spiro atoms. The summed E-state index contributed by atoms with van der Waals surface area (Å²) in [5.74, 6) is 0.801. The Bertz CT molecular complexity index is 1510. The van der Waals surface area contributed by atoms with Gasteiger partial charge >= 0.3 is 0 Å². The normalized spacial score (nSPS) is 23.2. The molecule has 2 heterocycles. The van der Waals surface area contributed by atoms with E-state index in [1.54, 1.807) is 20.7 Å². The number of anilines is 1. The first-order valence-corrected chi connectivity index (χ1v) is 20.3. The molecule has 0 aromatic heterocycles. The second-order valence-corrected chi connectivity index (χ2v) is 17.8. The molecule has 2 aromatic rings. The molecule has 2 aliphatic heterocycles. The van der Waals surface area contributed by atoms with E-state index in [4.69, 9.17) is 0 Å². The number of hydrogen-bond acceptors (Lipinski definition) is 6. The van der Waals surface area contributed by atoms with Crippen molar-refractivity contribution in [1.82, 2.24) is 17.8 Å². The Morgan fingerprint density at radius 1 is 0.702 bits per heavy atom. The SMILES string of the molecule is C=C1CN(S(=O)(=O)c2ccc(N(C)C)cc2)CCCN(CC2CCCCC2)CCCN(S(=O)(=O)N2CCC[C@H](c3ccccc3)C2)C1. The zero-order valence-corrected chi connectivity index (χ0v) is 30.1. The Kier molecular flexibility index (Phi) is 12.6.